The molecule has 0 radical (unpaired) electrons. The number of aliphatic hydroxyl groups is 1. The van der Waals surface area contributed by atoms with Crippen LogP contribution in [0, 0.1) is 0 Å². The Morgan fingerprint density at radius 2 is 2.00 bits per heavy atom. The SMILES string of the molecule is CC(C)c1ncc(Cl)c(C(=O)NC(CCCO)c2ccccc2)n1. The molecular formula is C18H22ClN3O2. The first kappa shape index (κ1) is 18.4. The van der Waals surface area contributed by atoms with Crippen molar-refractivity contribution in [2.24, 2.45) is 0 Å². The van der Waals surface area contributed by atoms with E-state index in [2.05, 4.69) is 15.3 Å². The quantitative estimate of drug-likeness (QED) is 0.803. The van der Waals surface area contributed by atoms with Crippen LogP contribution in [0.1, 0.15) is 60.5 Å². The van der Waals surface area contributed by atoms with Crippen molar-refractivity contribution < 1.29 is 9.90 Å². The molecule has 1 amide bonds. The molecule has 0 saturated heterocycles. The molecule has 1 aromatic carbocycles. The van der Waals surface area contributed by atoms with Gasteiger partial charge in [-0.2, -0.15) is 0 Å². The lowest BCUT2D eigenvalue weighted by molar-refractivity contribution is 0.0927. The monoisotopic (exact) mass is 347 g/mol. The van der Waals surface area contributed by atoms with Gasteiger partial charge < -0.3 is 10.4 Å². The van der Waals surface area contributed by atoms with Gasteiger partial charge in [-0.1, -0.05) is 55.8 Å². The highest BCUT2D eigenvalue weighted by molar-refractivity contribution is 6.33. The minimum atomic E-state index is -0.337. The van der Waals surface area contributed by atoms with Crippen LogP contribution in [0.3, 0.4) is 0 Å². The number of carbonyl (C=O) groups excluding carboxylic acids is 1. The number of carbonyl (C=O) groups is 1. The Bertz CT molecular complexity index is 677. The molecule has 24 heavy (non-hydrogen) atoms. The predicted molar refractivity (Wildman–Crippen MR) is 94.1 cm³/mol. The number of aliphatic hydroxyl groups excluding tert-OH is 1. The van der Waals surface area contributed by atoms with Crippen LogP contribution in [-0.2, 0) is 0 Å². The van der Waals surface area contributed by atoms with E-state index >= 15 is 0 Å². The summed E-state index contributed by atoms with van der Waals surface area (Å²) in [5, 5.41) is 12.3. The van der Waals surface area contributed by atoms with E-state index in [9.17, 15) is 4.79 Å². The van der Waals surface area contributed by atoms with Crippen molar-refractivity contribution in [3.8, 4) is 0 Å². The fourth-order valence-corrected chi connectivity index (χ4v) is 2.52. The number of hydrogen-bond donors (Lipinski definition) is 2. The Labute approximate surface area is 147 Å². The number of benzene rings is 1. The molecule has 128 valence electrons. The van der Waals surface area contributed by atoms with Crippen LogP contribution >= 0.6 is 11.6 Å². The molecule has 0 aliphatic rings. The Morgan fingerprint density at radius 1 is 1.29 bits per heavy atom. The Hall–Kier alpha value is -1.98. The summed E-state index contributed by atoms with van der Waals surface area (Å²) in [5.41, 5.74) is 1.16. The van der Waals surface area contributed by atoms with Crippen LogP contribution in [-0.4, -0.2) is 27.6 Å². The first-order valence-electron chi connectivity index (χ1n) is 8.02. The van der Waals surface area contributed by atoms with E-state index in [0.717, 1.165) is 5.56 Å². The van der Waals surface area contributed by atoms with Gasteiger partial charge in [0.2, 0.25) is 0 Å². The summed E-state index contributed by atoms with van der Waals surface area (Å²) in [6, 6.07) is 9.45. The normalized spacial score (nSPS) is 12.2. The van der Waals surface area contributed by atoms with Gasteiger partial charge >= 0.3 is 0 Å². The van der Waals surface area contributed by atoms with E-state index in [1.54, 1.807) is 0 Å². The maximum Gasteiger partial charge on any atom is 0.272 e. The molecule has 0 fully saturated rings. The molecule has 0 saturated carbocycles. The number of nitrogens with zero attached hydrogens (tertiary/aromatic N) is 2. The average Bonchev–Trinajstić information content (AvgIpc) is 2.59. The highest BCUT2D eigenvalue weighted by atomic mass is 35.5. The number of halogens is 1. The van der Waals surface area contributed by atoms with Gasteiger partial charge in [0.05, 0.1) is 17.3 Å². The number of hydrogen-bond acceptors (Lipinski definition) is 4. The van der Waals surface area contributed by atoms with Crippen molar-refractivity contribution in [3.63, 3.8) is 0 Å². The van der Waals surface area contributed by atoms with Crippen molar-refractivity contribution in [2.45, 2.75) is 38.6 Å². The summed E-state index contributed by atoms with van der Waals surface area (Å²) in [7, 11) is 0. The van der Waals surface area contributed by atoms with Gasteiger partial charge in [0, 0.05) is 12.5 Å². The molecule has 0 aliphatic heterocycles. The van der Waals surface area contributed by atoms with Crippen LogP contribution < -0.4 is 5.32 Å². The topological polar surface area (TPSA) is 75.1 Å². The fraction of sp³-hybridized carbons (Fsp3) is 0.389. The minimum Gasteiger partial charge on any atom is -0.396 e. The molecule has 5 nitrogen and oxygen atoms in total. The molecule has 2 N–H and O–H groups in total. The molecule has 2 aromatic rings. The Balaban J connectivity index is 2.23. The number of aromatic nitrogens is 2. The molecule has 0 bridgehead atoms. The summed E-state index contributed by atoms with van der Waals surface area (Å²) >= 11 is 6.10. The molecule has 1 aromatic heterocycles. The molecular weight excluding hydrogens is 326 g/mol. The summed E-state index contributed by atoms with van der Waals surface area (Å²) in [6.07, 6.45) is 2.69. The first-order valence-corrected chi connectivity index (χ1v) is 8.39. The second kappa shape index (κ2) is 8.76. The summed E-state index contributed by atoms with van der Waals surface area (Å²) in [4.78, 5) is 21.1. The predicted octanol–water partition coefficient (Wildman–Crippen LogP) is 3.50. The minimum absolute atomic E-state index is 0.0744. The maximum absolute atomic E-state index is 12.6. The first-order chi connectivity index (χ1) is 11.5. The highest BCUT2D eigenvalue weighted by Gasteiger charge is 2.20. The van der Waals surface area contributed by atoms with E-state index in [0.29, 0.717) is 18.7 Å². The Kier molecular flexibility index (Phi) is 6.70. The van der Waals surface area contributed by atoms with E-state index in [-0.39, 0.29) is 35.2 Å². The molecule has 1 heterocycles. The van der Waals surface area contributed by atoms with E-state index in [4.69, 9.17) is 16.7 Å². The van der Waals surface area contributed by atoms with E-state index in [1.807, 2.05) is 44.2 Å². The van der Waals surface area contributed by atoms with Crippen molar-refractivity contribution >= 4 is 17.5 Å². The van der Waals surface area contributed by atoms with E-state index < -0.39 is 0 Å². The zero-order valence-electron chi connectivity index (χ0n) is 13.9. The van der Waals surface area contributed by atoms with Crippen LogP contribution in [0.25, 0.3) is 0 Å². The van der Waals surface area contributed by atoms with Crippen LogP contribution in [0.15, 0.2) is 36.5 Å². The smallest absolute Gasteiger partial charge is 0.272 e. The third-order valence-corrected chi connectivity index (χ3v) is 3.93. The summed E-state index contributed by atoms with van der Waals surface area (Å²) < 4.78 is 0. The van der Waals surface area contributed by atoms with Gasteiger partial charge in [-0.3, -0.25) is 4.79 Å². The molecule has 0 aliphatic carbocycles. The largest absolute Gasteiger partial charge is 0.396 e. The number of nitrogens with one attached hydrogen (secondary N) is 1. The standard InChI is InChI=1S/C18H22ClN3O2/c1-12(2)17-20-11-14(19)16(22-17)18(24)21-15(9-6-10-23)13-7-4-3-5-8-13/h3-5,7-8,11-12,15,23H,6,9-10H2,1-2H3,(H,21,24). The summed E-state index contributed by atoms with van der Waals surface area (Å²) in [5.74, 6) is 0.348. The second-order valence-electron chi connectivity index (χ2n) is 5.88. The van der Waals surface area contributed by atoms with Crippen molar-refractivity contribution in [1.29, 1.82) is 0 Å². The lowest BCUT2D eigenvalue weighted by Crippen LogP contribution is -2.30. The zero-order valence-corrected chi connectivity index (χ0v) is 14.6. The highest BCUT2D eigenvalue weighted by Crippen LogP contribution is 2.21. The van der Waals surface area contributed by atoms with Gasteiger partial charge in [-0.25, -0.2) is 9.97 Å². The maximum atomic E-state index is 12.6. The molecule has 0 spiro atoms. The number of amides is 1. The molecule has 2 rings (SSSR count). The summed E-state index contributed by atoms with van der Waals surface area (Å²) in [6.45, 7) is 3.99. The lowest BCUT2D eigenvalue weighted by Gasteiger charge is -2.19. The Morgan fingerprint density at radius 3 is 2.62 bits per heavy atom. The third-order valence-electron chi connectivity index (χ3n) is 3.65. The zero-order chi connectivity index (χ0) is 17.5. The van der Waals surface area contributed by atoms with Crippen molar-refractivity contribution in [3.05, 3.63) is 58.6 Å². The molecule has 1 atom stereocenters. The molecule has 1 unspecified atom stereocenters. The van der Waals surface area contributed by atoms with Gasteiger partial charge in [0.1, 0.15) is 11.5 Å². The van der Waals surface area contributed by atoms with Crippen molar-refractivity contribution in [2.75, 3.05) is 6.61 Å². The van der Waals surface area contributed by atoms with Gasteiger partial charge in [0.25, 0.3) is 5.91 Å². The van der Waals surface area contributed by atoms with Crippen molar-refractivity contribution in [1.82, 2.24) is 15.3 Å². The van der Waals surface area contributed by atoms with E-state index in [1.165, 1.54) is 6.20 Å². The van der Waals surface area contributed by atoms with Crippen LogP contribution in [0.4, 0.5) is 0 Å². The second-order valence-corrected chi connectivity index (χ2v) is 6.29. The fourth-order valence-electron chi connectivity index (χ4n) is 2.35. The third kappa shape index (κ3) is 4.76. The number of rotatable bonds is 7. The van der Waals surface area contributed by atoms with Crippen LogP contribution in [0.2, 0.25) is 5.02 Å². The lowest BCUT2D eigenvalue weighted by atomic mass is 10.0. The van der Waals surface area contributed by atoms with Crippen LogP contribution in [0.5, 0.6) is 0 Å². The average molecular weight is 348 g/mol. The molecule has 6 heteroatoms. The van der Waals surface area contributed by atoms with Gasteiger partial charge in [-0.05, 0) is 18.4 Å². The van der Waals surface area contributed by atoms with Gasteiger partial charge in [-0.15, -0.1) is 0 Å². The van der Waals surface area contributed by atoms with Gasteiger partial charge in [0.15, 0.2) is 0 Å².